The van der Waals surface area contributed by atoms with E-state index in [4.69, 9.17) is 11.6 Å². The molecule has 0 saturated carbocycles. The standard InChI is InChI=1S/C10H8ClFN2O/c11-7-2-1-3-8(12)9(7)10(15)6-4-13-14-5-6/h1-5,10,15H,(H,13,14). The van der Waals surface area contributed by atoms with Crippen LogP contribution in [0.15, 0.2) is 30.6 Å². The van der Waals surface area contributed by atoms with Gasteiger partial charge in [0.05, 0.1) is 6.20 Å². The molecule has 2 rings (SSSR count). The molecule has 0 fully saturated rings. The Hall–Kier alpha value is -1.39. The Morgan fingerprint density at radius 3 is 2.87 bits per heavy atom. The van der Waals surface area contributed by atoms with Crippen LogP contribution in [0.2, 0.25) is 5.02 Å². The molecule has 0 saturated heterocycles. The second-order valence-corrected chi connectivity index (χ2v) is 3.48. The third-order valence-electron chi connectivity index (χ3n) is 2.11. The van der Waals surface area contributed by atoms with Crippen molar-refractivity contribution in [3.8, 4) is 0 Å². The molecule has 1 atom stereocenters. The van der Waals surface area contributed by atoms with Crippen LogP contribution in [-0.4, -0.2) is 15.3 Å². The first kappa shape index (κ1) is 10.1. The number of aromatic amines is 1. The van der Waals surface area contributed by atoms with Crippen molar-refractivity contribution in [3.63, 3.8) is 0 Å². The van der Waals surface area contributed by atoms with E-state index in [0.717, 1.165) is 0 Å². The van der Waals surface area contributed by atoms with Crippen LogP contribution in [-0.2, 0) is 0 Å². The van der Waals surface area contributed by atoms with E-state index in [1.807, 2.05) is 0 Å². The van der Waals surface area contributed by atoms with Crippen molar-refractivity contribution in [2.75, 3.05) is 0 Å². The van der Waals surface area contributed by atoms with E-state index < -0.39 is 11.9 Å². The Morgan fingerprint density at radius 2 is 2.27 bits per heavy atom. The number of H-pyrrole nitrogens is 1. The third kappa shape index (κ3) is 1.86. The average molecular weight is 227 g/mol. The molecule has 0 spiro atoms. The lowest BCUT2D eigenvalue weighted by Gasteiger charge is -2.11. The first-order valence-electron chi connectivity index (χ1n) is 4.31. The van der Waals surface area contributed by atoms with Gasteiger partial charge in [-0.05, 0) is 12.1 Å². The van der Waals surface area contributed by atoms with Crippen LogP contribution < -0.4 is 0 Å². The van der Waals surface area contributed by atoms with Crippen LogP contribution >= 0.6 is 11.6 Å². The number of halogens is 2. The summed E-state index contributed by atoms with van der Waals surface area (Å²) in [6.07, 6.45) is 1.82. The van der Waals surface area contributed by atoms with Crippen LogP contribution in [0.5, 0.6) is 0 Å². The largest absolute Gasteiger partial charge is 0.383 e. The number of aliphatic hydroxyl groups excluding tert-OH is 1. The molecule has 3 nitrogen and oxygen atoms in total. The number of hydrogen-bond donors (Lipinski definition) is 2. The zero-order chi connectivity index (χ0) is 10.8. The second-order valence-electron chi connectivity index (χ2n) is 3.07. The number of nitrogens with one attached hydrogen (secondary N) is 1. The smallest absolute Gasteiger partial charge is 0.130 e. The Kier molecular flexibility index (Phi) is 2.70. The first-order valence-corrected chi connectivity index (χ1v) is 4.68. The molecule has 1 aromatic heterocycles. The van der Waals surface area contributed by atoms with Gasteiger partial charge in [0.25, 0.3) is 0 Å². The maximum atomic E-state index is 13.4. The molecule has 2 aromatic rings. The molecule has 15 heavy (non-hydrogen) atoms. The van der Waals surface area contributed by atoms with Gasteiger partial charge in [-0.15, -0.1) is 0 Å². The number of nitrogens with zero attached hydrogens (tertiary/aromatic N) is 1. The summed E-state index contributed by atoms with van der Waals surface area (Å²) in [6, 6.07) is 4.27. The molecule has 0 amide bonds. The van der Waals surface area contributed by atoms with Crippen molar-refractivity contribution in [1.82, 2.24) is 10.2 Å². The van der Waals surface area contributed by atoms with Crippen LogP contribution in [0.3, 0.4) is 0 Å². The summed E-state index contributed by atoms with van der Waals surface area (Å²) in [5, 5.41) is 16.3. The Balaban J connectivity index is 2.46. The number of aromatic nitrogens is 2. The summed E-state index contributed by atoms with van der Waals surface area (Å²) in [7, 11) is 0. The highest BCUT2D eigenvalue weighted by molar-refractivity contribution is 6.31. The topological polar surface area (TPSA) is 48.9 Å². The maximum Gasteiger partial charge on any atom is 0.130 e. The fourth-order valence-electron chi connectivity index (χ4n) is 1.35. The molecule has 0 bridgehead atoms. The van der Waals surface area contributed by atoms with Gasteiger partial charge in [-0.3, -0.25) is 5.10 Å². The first-order chi connectivity index (χ1) is 7.20. The molecular weight excluding hydrogens is 219 g/mol. The van der Waals surface area contributed by atoms with Crippen LogP contribution in [0.25, 0.3) is 0 Å². The minimum absolute atomic E-state index is 0.0700. The zero-order valence-corrected chi connectivity index (χ0v) is 8.37. The average Bonchev–Trinajstić information content (AvgIpc) is 2.69. The molecule has 5 heteroatoms. The van der Waals surface area contributed by atoms with Gasteiger partial charge >= 0.3 is 0 Å². The van der Waals surface area contributed by atoms with Gasteiger partial charge in [0, 0.05) is 22.3 Å². The van der Waals surface area contributed by atoms with Crippen molar-refractivity contribution in [3.05, 3.63) is 52.6 Å². The maximum absolute atomic E-state index is 13.4. The van der Waals surface area contributed by atoms with Crippen LogP contribution in [0.1, 0.15) is 17.2 Å². The fourth-order valence-corrected chi connectivity index (χ4v) is 1.62. The molecule has 1 heterocycles. The molecule has 0 aliphatic carbocycles. The molecule has 2 N–H and O–H groups in total. The molecule has 0 radical (unpaired) electrons. The highest BCUT2D eigenvalue weighted by Crippen LogP contribution is 2.29. The van der Waals surface area contributed by atoms with Crippen molar-refractivity contribution < 1.29 is 9.50 Å². The van der Waals surface area contributed by atoms with Crippen molar-refractivity contribution in [2.24, 2.45) is 0 Å². The lowest BCUT2D eigenvalue weighted by atomic mass is 10.0. The molecular formula is C10H8ClFN2O. The Bertz CT molecular complexity index is 438. The van der Waals surface area contributed by atoms with Crippen LogP contribution in [0.4, 0.5) is 4.39 Å². The van der Waals surface area contributed by atoms with Gasteiger partial charge in [-0.1, -0.05) is 17.7 Å². The lowest BCUT2D eigenvalue weighted by Crippen LogP contribution is -2.02. The quantitative estimate of drug-likeness (QED) is 0.826. The van der Waals surface area contributed by atoms with Crippen LogP contribution in [0, 0.1) is 5.82 Å². The van der Waals surface area contributed by atoms with E-state index in [1.165, 1.54) is 30.6 Å². The van der Waals surface area contributed by atoms with E-state index >= 15 is 0 Å². The summed E-state index contributed by atoms with van der Waals surface area (Å²) in [5.74, 6) is -0.531. The third-order valence-corrected chi connectivity index (χ3v) is 2.44. The molecule has 1 aromatic carbocycles. The molecule has 1 unspecified atom stereocenters. The number of rotatable bonds is 2. The minimum Gasteiger partial charge on any atom is -0.383 e. The van der Waals surface area contributed by atoms with E-state index in [0.29, 0.717) is 5.56 Å². The molecule has 0 aliphatic heterocycles. The van der Waals surface area contributed by atoms with Crippen molar-refractivity contribution in [1.29, 1.82) is 0 Å². The number of aliphatic hydroxyl groups is 1. The van der Waals surface area contributed by atoms with Crippen molar-refractivity contribution in [2.45, 2.75) is 6.10 Å². The summed E-state index contributed by atoms with van der Waals surface area (Å²) >= 11 is 5.81. The van der Waals surface area contributed by atoms with E-state index in [1.54, 1.807) is 0 Å². The summed E-state index contributed by atoms with van der Waals surface area (Å²) < 4.78 is 13.4. The SMILES string of the molecule is OC(c1cn[nH]c1)c1c(F)cccc1Cl. The summed E-state index contributed by atoms with van der Waals surface area (Å²) in [6.45, 7) is 0. The number of benzene rings is 1. The van der Waals surface area contributed by atoms with E-state index in [2.05, 4.69) is 10.2 Å². The Morgan fingerprint density at radius 1 is 1.47 bits per heavy atom. The minimum atomic E-state index is -1.10. The summed E-state index contributed by atoms with van der Waals surface area (Å²) in [4.78, 5) is 0. The predicted octanol–water partition coefficient (Wildman–Crippen LogP) is 2.28. The molecule has 0 aliphatic rings. The number of hydrogen-bond acceptors (Lipinski definition) is 2. The van der Waals surface area contributed by atoms with Gasteiger partial charge < -0.3 is 5.11 Å². The fraction of sp³-hybridized carbons (Fsp3) is 0.100. The highest BCUT2D eigenvalue weighted by Gasteiger charge is 2.18. The van der Waals surface area contributed by atoms with Gasteiger partial charge in [0.15, 0.2) is 0 Å². The normalized spacial score (nSPS) is 12.7. The van der Waals surface area contributed by atoms with E-state index in [-0.39, 0.29) is 10.6 Å². The van der Waals surface area contributed by atoms with E-state index in [9.17, 15) is 9.50 Å². The predicted molar refractivity (Wildman–Crippen MR) is 54.1 cm³/mol. The van der Waals surface area contributed by atoms with Gasteiger partial charge in [-0.2, -0.15) is 5.10 Å². The molecule has 78 valence electrons. The Labute approximate surface area is 90.5 Å². The van der Waals surface area contributed by atoms with Gasteiger partial charge in [0.1, 0.15) is 11.9 Å². The van der Waals surface area contributed by atoms with Gasteiger partial charge in [0.2, 0.25) is 0 Å². The highest BCUT2D eigenvalue weighted by atomic mass is 35.5. The second kappa shape index (κ2) is 4.00. The zero-order valence-electron chi connectivity index (χ0n) is 7.61. The van der Waals surface area contributed by atoms with Crippen molar-refractivity contribution >= 4 is 11.6 Å². The lowest BCUT2D eigenvalue weighted by molar-refractivity contribution is 0.215. The monoisotopic (exact) mass is 226 g/mol. The summed E-state index contributed by atoms with van der Waals surface area (Å²) in [5.41, 5.74) is 0.544. The van der Waals surface area contributed by atoms with Gasteiger partial charge in [-0.25, -0.2) is 4.39 Å².